The van der Waals surface area contributed by atoms with Gasteiger partial charge in [-0.2, -0.15) is 0 Å². The third kappa shape index (κ3) is 12.4. The van der Waals surface area contributed by atoms with Crippen molar-refractivity contribution in [3.63, 3.8) is 0 Å². The second kappa shape index (κ2) is 9.66. The Balaban J connectivity index is 0.000000980. The van der Waals surface area contributed by atoms with Gasteiger partial charge in [-0.1, -0.05) is 0 Å². The van der Waals surface area contributed by atoms with Gasteiger partial charge in [-0.15, -0.1) is 0 Å². The number of aliphatic carboxylic acids is 1. The molecule has 1 saturated carbocycles. The van der Waals surface area contributed by atoms with E-state index in [2.05, 4.69) is 12.2 Å². The average molecular weight is 316 g/mol. The van der Waals surface area contributed by atoms with Crippen LogP contribution in [0, 0.1) is 5.92 Å². The van der Waals surface area contributed by atoms with Crippen LogP contribution in [-0.4, -0.2) is 34.9 Å². The lowest BCUT2D eigenvalue weighted by Gasteiger charge is -2.30. The van der Waals surface area contributed by atoms with E-state index in [1.165, 1.54) is 0 Å². The number of rotatable bonds is 3. The van der Waals surface area contributed by atoms with E-state index in [4.69, 9.17) is 20.4 Å². The highest BCUT2D eigenvalue weighted by Gasteiger charge is 2.24. The topological polar surface area (TPSA) is 102 Å². The molecule has 0 aliphatic heterocycles. The number of nitrogens with two attached hydrogens (primary N) is 1. The molecule has 0 aromatic heterocycles. The van der Waals surface area contributed by atoms with Crippen molar-refractivity contribution in [2.75, 3.05) is 0 Å². The Morgan fingerprint density at radius 3 is 2.09 bits per heavy atom. The minimum absolute atomic E-state index is 0.268. The zero-order chi connectivity index (χ0) is 17.3. The number of alkyl carbamates (subject to hydrolysis) is 1. The highest BCUT2D eigenvalue weighted by atomic mass is 16.6. The van der Waals surface area contributed by atoms with Crippen LogP contribution in [0.2, 0.25) is 0 Å². The van der Waals surface area contributed by atoms with Crippen LogP contribution in [0.3, 0.4) is 0 Å². The molecule has 130 valence electrons. The van der Waals surface area contributed by atoms with Gasteiger partial charge in [0.15, 0.2) is 0 Å². The fourth-order valence-corrected chi connectivity index (χ4v) is 2.54. The third-order valence-electron chi connectivity index (χ3n) is 3.27. The van der Waals surface area contributed by atoms with Crippen molar-refractivity contribution in [1.29, 1.82) is 0 Å². The van der Waals surface area contributed by atoms with Crippen molar-refractivity contribution in [1.82, 2.24) is 5.32 Å². The molecule has 1 rings (SSSR count). The van der Waals surface area contributed by atoms with Gasteiger partial charge in [0.25, 0.3) is 5.97 Å². The van der Waals surface area contributed by atoms with E-state index in [0.717, 1.165) is 44.9 Å². The molecule has 0 aromatic carbocycles. The van der Waals surface area contributed by atoms with Gasteiger partial charge in [-0.05, 0) is 65.7 Å². The van der Waals surface area contributed by atoms with Gasteiger partial charge in [0.1, 0.15) is 5.60 Å². The van der Waals surface area contributed by atoms with E-state index in [-0.39, 0.29) is 18.2 Å². The molecule has 1 aliphatic carbocycles. The minimum atomic E-state index is -0.833. The van der Waals surface area contributed by atoms with Gasteiger partial charge in [0, 0.05) is 19.0 Å². The lowest BCUT2D eigenvalue weighted by atomic mass is 9.83. The Morgan fingerprint density at radius 1 is 1.27 bits per heavy atom. The summed E-state index contributed by atoms with van der Waals surface area (Å²) in [6.07, 6.45) is 5.19. The smallest absolute Gasteiger partial charge is 0.407 e. The van der Waals surface area contributed by atoms with Crippen molar-refractivity contribution in [3.05, 3.63) is 0 Å². The summed E-state index contributed by atoms with van der Waals surface area (Å²) in [5.41, 5.74) is 5.40. The van der Waals surface area contributed by atoms with Crippen LogP contribution in [-0.2, 0) is 9.53 Å². The molecule has 1 atom stereocenters. The van der Waals surface area contributed by atoms with E-state index in [1.807, 2.05) is 20.8 Å². The van der Waals surface area contributed by atoms with Gasteiger partial charge < -0.3 is 20.9 Å². The Hall–Kier alpha value is -1.30. The van der Waals surface area contributed by atoms with Gasteiger partial charge >= 0.3 is 6.09 Å². The maximum absolute atomic E-state index is 11.6. The predicted molar refractivity (Wildman–Crippen MR) is 86.7 cm³/mol. The fourth-order valence-electron chi connectivity index (χ4n) is 2.54. The number of carboxylic acid groups (broad SMARTS) is 1. The predicted octanol–water partition coefficient (Wildman–Crippen LogP) is 2.90. The third-order valence-corrected chi connectivity index (χ3v) is 3.27. The minimum Gasteiger partial charge on any atom is -0.481 e. The first-order valence-electron chi connectivity index (χ1n) is 7.94. The van der Waals surface area contributed by atoms with E-state index >= 15 is 0 Å². The number of hydrogen-bond donors (Lipinski definition) is 3. The maximum Gasteiger partial charge on any atom is 0.407 e. The molecule has 0 heterocycles. The normalized spacial score (nSPS) is 22.8. The summed E-state index contributed by atoms with van der Waals surface area (Å²) in [5.74, 6) is -0.110. The van der Waals surface area contributed by atoms with Gasteiger partial charge in [-0.25, -0.2) is 4.79 Å². The Labute approximate surface area is 133 Å². The van der Waals surface area contributed by atoms with E-state index in [9.17, 15) is 4.79 Å². The molecule has 1 aliphatic rings. The number of nitrogens with one attached hydrogen (secondary N) is 1. The highest BCUT2D eigenvalue weighted by Crippen LogP contribution is 2.27. The van der Waals surface area contributed by atoms with Gasteiger partial charge in [0.2, 0.25) is 0 Å². The molecule has 0 unspecified atom stereocenters. The lowest BCUT2D eigenvalue weighted by Crippen LogP contribution is -2.41. The van der Waals surface area contributed by atoms with Crippen molar-refractivity contribution in [3.8, 4) is 0 Å². The molecule has 1 amide bonds. The average Bonchev–Trinajstić information content (AvgIpc) is 2.27. The number of hydrogen-bond acceptors (Lipinski definition) is 4. The first kappa shape index (κ1) is 20.7. The highest BCUT2D eigenvalue weighted by molar-refractivity contribution is 5.68. The molecule has 1 fully saturated rings. The number of carbonyl (C=O) groups excluding carboxylic acids is 1. The monoisotopic (exact) mass is 316 g/mol. The molecular formula is C16H32N2O4. The summed E-state index contributed by atoms with van der Waals surface area (Å²) in [5, 5.41) is 10.4. The Kier molecular flexibility index (Phi) is 9.09. The SMILES string of the molecule is CC(=O)O.C[C@H](N)CC1CCC(NC(=O)OC(C)(C)C)CC1. The first-order valence-corrected chi connectivity index (χ1v) is 7.94. The lowest BCUT2D eigenvalue weighted by molar-refractivity contribution is -0.134. The molecule has 6 heteroatoms. The maximum atomic E-state index is 11.6. The summed E-state index contributed by atoms with van der Waals surface area (Å²) in [4.78, 5) is 20.6. The van der Waals surface area contributed by atoms with Crippen molar-refractivity contribution < 1.29 is 19.4 Å². The van der Waals surface area contributed by atoms with Crippen LogP contribution in [0.15, 0.2) is 0 Å². The second-order valence-electron chi connectivity index (χ2n) is 7.10. The zero-order valence-corrected chi connectivity index (χ0v) is 14.5. The second-order valence-corrected chi connectivity index (χ2v) is 7.10. The molecular weight excluding hydrogens is 284 g/mol. The Bertz CT molecular complexity index is 339. The van der Waals surface area contributed by atoms with Crippen molar-refractivity contribution in [2.45, 2.75) is 84.4 Å². The summed E-state index contributed by atoms with van der Waals surface area (Å²) in [6, 6.07) is 0.551. The Morgan fingerprint density at radius 2 is 1.73 bits per heavy atom. The van der Waals surface area contributed by atoms with Crippen molar-refractivity contribution in [2.24, 2.45) is 11.7 Å². The number of carbonyl (C=O) groups is 2. The quantitative estimate of drug-likeness (QED) is 0.743. The zero-order valence-electron chi connectivity index (χ0n) is 14.5. The van der Waals surface area contributed by atoms with Crippen LogP contribution in [0.25, 0.3) is 0 Å². The van der Waals surface area contributed by atoms with E-state index in [0.29, 0.717) is 0 Å². The van der Waals surface area contributed by atoms with Crippen LogP contribution >= 0.6 is 0 Å². The molecule has 0 saturated heterocycles. The van der Waals surface area contributed by atoms with Crippen molar-refractivity contribution >= 4 is 12.1 Å². The first-order chi connectivity index (χ1) is 9.99. The summed E-state index contributed by atoms with van der Waals surface area (Å²) in [7, 11) is 0. The molecule has 6 nitrogen and oxygen atoms in total. The molecule has 0 bridgehead atoms. The standard InChI is InChI=1S/C14H28N2O2.C2H4O2/c1-10(15)9-11-5-7-12(8-6-11)16-13(17)18-14(2,3)4;1-2(3)4/h10-12H,5-9,15H2,1-4H3,(H,16,17);1H3,(H,3,4)/t10-,11?,12?;/m0./s1. The van der Waals surface area contributed by atoms with E-state index in [1.54, 1.807) is 0 Å². The molecule has 0 radical (unpaired) electrons. The number of ether oxygens (including phenoxy) is 1. The van der Waals surface area contributed by atoms with E-state index < -0.39 is 11.6 Å². The molecule has 0 aromatic rings. The van der Waals surface area contributed by atoms with Gasteiger partial charge in [-0.3, -0.25) is 4.79 Å². The molecule has 22 heavy (non-hydrogen) atoms. The summed E-state index contributed by atoms with van der Waals surface area (Å²) >= 11 is 0. The summed E-state index contributed by atoms with van der Waals surface area (Å²) in [6.45, 7) is 8.79. The van der Waals surface area contributed by atoms with Gasteiger partial charge in [0.05, 0.1) is 0 Å². The largest absolute Gasteiger partial charge is 0.481 e. The van der Waals surface area contributed by atoms with Crippen LogP contribution < -0.4 is 11.1 Å². The molecule has 4 N–H and O–H groups in total. The fraction of sp³-hybridized carbons (Fsp3) is 0.875. The van der Waals surface area contributed by atoms with Crippen LogP contribution in [0.5, 0.6) is 0 Å². The van der Waals surface area contributed by atoms with Crippen LogP contribution in [0.1, 0.15) is 66.7 Å². The number of amides is 1. The molecule has 0 spiro atoms. The van der Waals surface area contributed by atoms with Crippen LogP contribution in [0.4, 0.5) is 4.79 Å². The summed E-state index contributed by atoms with van der Waals surface area (Å²) < 4.78 is 5.26. The number of carboxylic acids is 1.